The number of nitrogens with one attached hydrogen (secondary N) is 1. The molecule has 2 N–H and O–H groups in total. The Kier molecular flexibility index (Phi) is 9.99. The Bertz CT molecular complexity index is 2320. The highest BCUT2D eigenvalue weighted by Gasteiger charge is 2.35. The lowest BCUT2D eigenvalue weighted by molar-refractivity contribution is 0.0566. The van der Waals surface area contributed by atoms with Gasteiger partial charge in [-0.15, -0.1) is 0 Å². The zero-order chi connectivity index (χ0) is 38.2. The van der Waals surface area contributed by atoms with Crippen molar-refractivity contribution in [3.8, 4) is 23.1 Å². The number of amides is 2. The molecule has 1 saturated heterocycles. The Morgan fingerprint density at radius 1 is 0.927 bits per heavy atom. The van der Waals surface area contributed by atoms with Gasteiger partial charge in [0, 0.05) is 60.9 Å². The molecule has 2 aromatic heterocycles. The summed E-state index contributed by atoms with van der Waals surface area (Å²) >= 11 is 0. The summed E-state index contributed by atoms with van der Waals surface area (Å²) in [7, 11) is 1.94. The fraction of sp³-hybridized carbons (Fsp3) is 0.333. The van der Waals surface area contributed by atoms with Gasteiger partial charge in [-0.1, -0.05) is 30.7 Å². The van der Waals surface area contributed by atoms with Gasteiger partial charge in [0.2, 0.25) is 0 Å². The minimum atomic E-state index is -0.316. The molecule has 1 fully saturated rings. The van der Waals surface area contributed by atoms with Crippen molar-refractivity contribution in [2.45, 2.75) is 65.1 Å². The van der Waals surface area contributed by atoms with Crippen LogP contribution in [0.4, 0.5) is 11.4 Å². The van der Waals surface area contributed by atoms with E-state index in [2.05, 4.69) is 62.6 Å². The number of piperidine rings is 1. The van der Waals surface area contributed by atoms with E-state index in [1.54, 1.807) is 31.3 Å². The molecule has 0 aliphatic carbocycles. The minimum Gasteiger partial charge on any atom is -0.508 e. The molecule has 5 aromatic rings. The molecule has 0 radical (unpaired) electrons. The SMILES string of the molecule is Cc1ncc(N(C(=O)c2cc(-c3cc4c(cc3C(=O)N3Cc5ccccc5C[C@H]3CN3CCCCC3)CNCC4)n(C)c2C)c2ccc(O)cc2)cc1C#N. The fourth-order valence-electron chi connectivity index (χ4n) is 8.54. The predicted molar refractivity (Wildman–Crippen MR) is 213 cm³/mol. The Morgan fingerprint density at radius 3 is 2.45 bits per heavy atom. The molecule has 1 atom stereocenters. The van der Waals surface area contributed by atoms with E-state index < -0.39 is 0 Å². The molecule has 0 unspecified atom stereocenters. The third-order valence-corrected chi connectivity index (χ3v) is 11.8. The van der Waals surface area contributed by atoms with E-state index >= 15 is 4.79 Å². The molecule has 55 heavy (non-hydrogen) atoms. The number of carbonyl (C=O) groups is 2. The first kappa shape index (κ1) is 36.2. The number of aromatic nitrogens is 2. The van der Waals surface area contributed by atoms with Gasteiger partial charge < -0.3 is 24.8 Å². The van der Waals surface area contributed by atoms with Gasteiger partial charge in [-0.2, -0.15) is 5.26 Å². The molecular formula is C45H47N7O3. The van der Waals surface area contributed by atoms with Crippen LogP contribution in [0.3, 0.4) is 0 Å². The number of hydrogen-bond acceptors (Lipinski definition) is 7. The summed E-state index contributed by atoms with van der Waals surface area (Å²) in [6.45, 7) is 8.75. The van der Waals surface area contributed by atoms with Crippen LogP contribution in [0.2, 0.25) is 0 Å². The largest absolute Gasteiger partial charge is 0.508 e. The van der Waals surface area contributed by atoms with Crippen molar-refractivity contribution in [2.24, 2.45) is 7.05 Å². The van der Waals surface area contributed by atoms with Crippen molar-refractivity contribution in [3.05, 3.63) is 129 Å². The van der Waals surface area contributed by atoms with Crippen LogP contribution in [0.25, 0.3) is 11.3 Å². The molecule has 8 rings (SSSR count). The lowest BCUT2D eigenvalue weighted by Gasteiger charge is -2.41. The number of phenols is 1. The molecule has 0 saturated carbocycles. The summed E-state index contributed by atoms with van der Waals surface area (Å²) in [4.78, 5) is 40.6. The summed E-state index contributed by atoms with van der Waals surface area (Å²) < 4.78 is 2.01. The summed E-state index contributed by atoms with van der Waals surface area (Å²) in [5.41, 5.74) is 10.1. The van der Waals surface area contributed by atoms with Gasteiger partial charge in [0.1, 0.15) is 11.8 Å². The van der Waals surface area contributed by atoms with Gasteiger partial charge >= 0.3 is 0 Å². The van der Waals surface area contributed by atoms with Gasteiger partial charge in [0.25, 0.3) is 11.8 Å². The number of rotatable bonds is 7. The van der Waals surface area contributed by atoms with E-state index in [4.69, 9.17) is 0 Å². The van der Waals surface area contributed by atoms with E-state index in [0.717, 1.165) is 61.5 Å². The molecule has 2 amide bonds. The highest BCUT2D eigenvalue weighted by atomic mass is 16.3. The predicted octanol–water partition coefficient (Wildman–Crippen LogP) is 6.96. The number of phenolic OH excluding ortho intramolecular Hbond substituents is 1. The average molecular weight is 734 g/mol. The maximum Gasteiger partial charge on any atom is 0.264 e. The van der Waals surface area contributed by atoms with Gasteiger partial charge in [-0.25, -0.2) is 0 Å². The second kappa shape index (κ2) is 15.2. The van der Waals surface area contributed by atoms with Gasteiger partial charge in [-0.3, -0.25) is 19.5 Å². The fourth-order valence-corrected chi connectivity index (χ4v) is 8.54. The lowest BCUT2D eigenvalue weighted by atomic mass is 9.89. The number of carbonyl (C=O) groups excluding carboxylic acids is 2. The Balaban J connectivity index is 1.22. The number of fused-ring (bicyclic) bond motifs is 2. The van der Waals surface area contributed by atoms with E-state index in [1.165, 1.54) is 53.0 Å². The van der Waals surface area contributed by atoms with Crippen LogP contribution in [0, 0.1) is 25.2 Å². The quantitative estimate of drug-likeness (QED) is 0.186. The first-order valence-corrected chi connectivity index (χ1v) is 19.3. The topological polar surface area (TPSA) is 118 Å². The number of nitriles is 1. The highest BCUT2D eigenvalue weighted by molar-refractivity contribution is 6.12. The Hall–Kier alpha value is -5.76. The van der Waals surface area contributed by atoms with Crippen molar-refractivity contribution in [3.63, 3.8) is 0 Å². The number of aromatic hydroxyl groups is 1. The summed E-state index contributed by atoms with van der Waals surface area (Å²) in [5, 5.41) is 23.4. The molecule has 0 spiro atoms. The normalized spacial score (nSPS) is 16.9. The van der Waals surface area contributed by atoms with Crippen LogP contribution in [-0.4, -0.2) is 68.5 Å². The molecule has 5 heterocycles. The molecule has 3 aromatic carbocycles. The molecule has 10 nitrogen and oxygen atoms in total. The van der Waals surface area contributed by atoms with Crippen LogP contribution in [0.5, 0.6) is 5.75 Å². The van der Waals surface area contributed by atoms with Crippen LogP contribution in [0.1, 0.15) is 79.2 Å². The summed E-state index contributed by atoms with van der Waals surface area (Å²) in [6.07, 6.45) is 6.89. The first-order chi connectivity index (χ1) is 26.7. The lowest BCUT2D eigenvalue weighted by Crippen LogP contribution is -2.51. The minimum absolute atomic E-state index is 0.00657. The maximum atomic E-state index is 15.2. The Labute approximate surface area is 322 Å². The second-order valence-electron chi connectivity index (χ2n) is 15.2. The zero-order valence-electron chi connectivity index (χ0n) is 31.8. The maximum absolute atomic E-state index is 15.2. The first-order valence-electron chi connectivity index (χ1n) is 19.3. The molecule has 0 bridgehead atoms. The molecule has 280 valence electrons. The van der Waals surface area contributed by atoms with Crippen molar-refractivity contribution in [1.29, 1.82) is 5.26 Å². The number of pyridine rings is 1. The smallest absolute Gasteiger partial charge is 0.264 e. The highest BCUT2D eigenvalue weighted by Crippen LogP contribution is 2.37. The number of benzene rings is 3. The van der Waals surface area contributed by atoms with Gasteiger partial charge in [0.15, 0.2) is 0 Å². The van der Waals surface area contributed by atoms with Crippen molar-refractivity contribution in [2.75, 3.05) is 31.1 Å². The van der Waals surface area contributed by atoms with Crippen molar-refractivity contribution < 1.29 is 14.7 Å². The van der Waals surface area contributed by atoms with Gasteiger partial charge in [-0.05, 0) is 130 Å². The van der Waals surface area contributed by atoms with E-state index in [9.17, 15) is 15.2 Å². The number of nitrogens with zero attached hydrogens (tertiary/aromatic N) is 6. The van der Waals surface area contributed by atoms with Crippen LogP contribution >= 0.6 is 0 Å². The van der Waals surface area contributed by atoms with E-state index in [-0.39, 0.29) is 23.6 Å². The summed E-state index contributed by atoms with van der Waals surface area (Å²) in [5.74, 6) is -0.236. The molecular weight excluding hydrogens is 687 g/mol. The molecule has 3 aliphatic rings. The van der Waals surface area contributed by atoms with Crippen LogP contribution in [0.15, 0.2) is 79.0 Å². The Morgan fingerprint density at radius 2 is 1.69 bits per heavy atom. The van der Waals surface area contributed by atoms with Gasteiger partial charge in [0.05, 0.1) is 28.7 Å². The number of likely N-dealkylation sites (tertiary alicyclic amines) is 1. The average Bonchev–Trinajstić information content (AvgIpc) is 3.51. The number of hydrogen-bond donors (Lipinski definition) is 2. The zero-order valence-corrected chi connectivity index (χ0v) is 31.8. The molecule has 10 heteroatoms. The number of anilines is 2. The third kappa shape index (κ3) is 7.02. The van der Waals surface area contributed by atoms with Crippen LogP contribution < -0.4 is 10.2 Å². The van der Waals surface area contributed by atoms with Crippen molar-refractivity contribution in [1.82, 2.24) is 24.7 Å². The molecule has 3 aliphatic heterocycles. The standard InChI is InChI=1S/C45H47N7O3/c1-29-34(24-46)20-37(26-48-29)52(36-11-13-39(53)14-12-36)45(55)40-23-43(49(3)30(40)2)41-21-32-15-16-47-25-35(32)22-42(41)44(54)51-27-33-10-6-5-9-31(33)19-38(51)28-50-17-7-4-8-18-50/h5-6,9-14,20-23,26,38,47,53H,4,7-8,15-19,25,27-28H2,1-3H3/t38-/m0/s1. The summed E-state index contributed by atoms with van der Waals surface area (Å²) in [6, 6.07) is 25.0. The third-order valence-electron chi connectivity index (χ3n) is 11.8. The van der Waals surface area contributed by atoms with Crippen molar-refractivity contribution >= 4 is 23.2 Å². The monoisotopic (exact) mass is 733 g/mol. The number of aryl methyl sites for hydroxylation is 1. The van der Waals surface area contributed by atoms with E-state index in [1.807, 2.05) is 24.6 Å². The second-order valence-corrected chi connectivity index (χ2v) is 15.2. The van der Waals surface area contributed by atoms with Crippen LogP contribution in [-0.2, 0) is 33.0 Å². The van der Waals surface area contributed by atoms with E-state index in [0.29, 0.717) is 46.8 Å².